The molecule has 1 fully saturated rings. The fourth-order valence-corrected chi connectivity index (χ4v) is 5.33. The van der Waals surface area contributed by atoms with Crippen LogP contribution in [0.3, 0.4) is 0 Å². The summed E-state index contributed by atoms with van der Waals surface area (Å²) in [5.74, 6) is 10.1. The molecular weight excluding hydrogens is 456 g/mol. The molecule has 1 aliphatic heterocycles. The quantitative estimate of drug-likeness (QED) is 0.239. The molecule has 9 nitrogen and oxygen atoms in total. The number of carbonyl (C=O) groups is 2. The molecule has 0 spiro atoms. The molecule has 4 atom stereocenters. The first-order valence-electron chi connectivity index (χ1n) is 9.88. The van der Waals surface area contributed by atoms with E-state index in [9.17, 15) is 23.1 Å². The zero-order valence-corrected chi connectivity index (χ0v) is 19.2. The molecule has 32 heavy (non-hydrogen) atoms. The molecule has 0 bridgehead atoms. The summed E-state index contributed by atoms with van der Waals surface area (Å²) in [5, 5.41) is 27.3. The van der Waals surface area contributed by atoms with E-state index in [-0.39, 0.29) is 43.9 Å². The maximum Gasteiger partial charge on any atom is 0.264 e. The van der Waals surface area contributed by atoms with Crippen LogP contribution in [-0.4, -0.2) is 70.8 Å². The number of nitrogens with zero attached hydrogens (tertiary/aromatic N) is 1. The number of fused-ring (bicyclic) bond motifs is 1. The van der Waals surface area contributed by atoms with Crippen LogP contribution in [0.5, 0.6) is 0 Å². The molecule has 0 aromatic carbocycles. The summed E-state index contributed by atoms with van der Waals surface area (Å²) in [6.45, 7) is 1.25. The van der Waals surface area contributed by atoms with Gasteiger partial charge in [0, 0.05) is 31.2 Å². The van der Waals surface area contributed by atoms with Crippen LogP contribution in [0, 0.1) is 35.5 Å². The molecule has 2 amide bonds. The topological polar surface area (TPSA) is 144 Å². The summed E-state index contributed by atoms with van der Waals surface area (Å²) in [6.07, 6.45) is 0.752. The predicted molar refractivity (Wildman–Crippen MR) is 116 cm³/mol. The van der Waals surface area contributed by atoms with E-state index in [0.717, 1.165) is 18.2 Å². The number of carbonyl (C=O) groups excluding carboxylic acids is 2. The van der Waals surface area contributed by atoms with Crippen molar-refractivity contribution in [3.8, 4) is 23.7 Å². The van der Waals surface area contributed by atoms with Gasteiger partial charge in [-0.3, -0.25) is 14.8 Å². The SMILES string of the molecule is CC(CCN1Cc2cc(C#CC#C[C@H]3C[C@@H]3C(O)CO)sc2C1=O)(C(=O)NO)S(C)(=O)=O. The third kappa shape index (κ3) is 4.82. The maximum atomic E-state index is 12.7. The number of hydrogen-bond acceptors (Lipinski definition) is 8. The molecule has 1 saturated carbocycles. The van der Waals surface area contributed by atoms with Crippen LogP contribution in [0.2, 0.25) is 0 Å². The predicted octanol–water partition coefficient (Wildman–Crippen LogP) is -0.253. The molecule has 3 rings (SSSR count). The van der Waals surface area contributed by atoms with Crippen molar-refractivity contribution in [2.45, 2.75) is 37.2 Å². The lowest BCUT2D eigenvalue weighted by Crippen LogP contribution is -2.50. The molecule has 2 heterocycles. The van der Waals surface area contributed by atoms with E-state index in [0.29, 0.717) is 9.75 Å². The lowest BCUT2D eigenvalue weighted by atomic mass is 10.1. The van der Waals surface area contributed by atoms with Gasteiger partial charge in [-0.1, -0.05) is 5.92 Å². The van der Waals surface area contributed by atoms with Gasteiger partial charge >= 0.3 is 0 Å². The highest BCUT2D eigenvalue weighted by Gasteiger charge is 2.44. The minimum absolute atomic E-state index is 0.00329. The molecule has 1 aromatic rings. The van der Waals surface area contributed by atoms with Gasteiger partial charge in [0.1, 0.15) is 0 Å². The van der Waals surface area contributed by atoms with E-state index in [1.807, 2.05) is 0 Å². The number of hydrogen-bond donors (Lipinski definition) is 4. The van der Waals surface area contributed by atoms with Crippen molar-refractivity contribution in [2.75, 3.05) is 19.4 Å². The van der Waals surface area contributed by atoms with Crippen LogP contribution < -0.4 is 5.48 Å². The van der Waals surface area contributed by atoms with Crippen molar-refractivity contribution < 1.29 is 33.4 Å². The van der Waals surface area contributed by atoms with Gasteiger partial charge in [-0.15, -0.1) is 11.3 Å². The Bertz CT molecular complexity index is 1150. The van der Waals surface area contributed by atoms with Crippen LogP contribution >= 0.6 is 11.3 Å². The number of amides is 2. The van der Waals surface area contributed by atoms with Gasteiger partial charge in [-0.25, -0.2) is 13.9 Å². The van der Waals surface area contributed by atoms with E-state index in [2.05, 4.69) is 23.7 Å². The number of sulfone groups is 1. The van der Waals surface area contributed by atoms with Crippen LogP contribution in [-0.2, 0) is 21.2 Å². The van der Waals surface area contributed by atoms with Gasteiger partial charge in [0.2, 0.25) is 0 Å². The van der Waals surface area contributed by atoms with E-state index in [1.54, 1.807) is 6.07 Å². The van der Waals surface area contributed by atoms with Crippen LogP contribution in [0.1, 0.15) is 39.9 Å². The first kappa shape index (κ1) is 24.2. The summed E-state index contributed by atoms with van der Waals surface area (Å²) < 4.78 is 22.3. The summed E-state index contributed by atoms with van der Waals surface area (Å²) in [7, 11) is -3.84. The monoisotopic (exact) mass is 480 g/mol. The fourth-order valence-electron chi connectivity index (χ4n) is 3.49. The Kier molecular flexibility index (Phi) is 6.98. The lowest BCUT2D eigenvalue weighted by molar-refractivity contribution is -0.131. The van der Waals surface area contributed by atoms with Gasteiger partial charge < -0.3 is 15.1 Å². The first-order valence-corrected chi connectivity index (χ1v) is 12.6. The maximum absolute atomic E-state index is 12.7. The molecule has 2 unspecified atom stereocenters. The number of hydroxylamine groups is 1. The van der Waals surface area contributed by atoms with Crippen molar-refractivity contribution in [2.24, 2.45) is 11.8 Å². The highest BCUT2D eigenvalue weighted by molar-refractivity contribution is 7.92. The summed E-state index contributed by atoms with van der Waals surface area (Å²) >= 11 is 1.22. The zero-order chi connectivity index (χ0) is 23.7. The van der Waals surface area contributed by atoms with Crippen molar-refractivity contribution in [1.29, 1.82) is 0 Å². The molecule has 4 N–H and O–H groups in total. The summed E-state index contributed by atoms with van der Waals surface area (Å²) in [6, 6.07) is 1.79. The number of aliphatic hydroxyl groups excluding tert-OH is 2. The molecule has 2 aliphatic rings. The highest BCUT2D eigenvalue weighted by Crippen LogP contribution is 2.40. The Morgan fingerprint density at radius 1 is 1.44 bits per heavy atom. The van der Waals surface area contributed by atoms with Crippen molar-refractivity contribution in [3.05, 3.63) is 21.4 Å². The van der Waals surface area contributed by atoms with Gasteiger partial charge in [0.05, 0.1) is 22.5 Å². The second-order valence-electron chi connectivity index (χ2n) is 8.16. The van der Waals surface area contributed by atoms with E-state index >= 15 is 0 Å². The average Bonchev–Trinajstić information content (AvgIpc) is 3.32. The van der Waals surface area contributed by atoms with Crippen LogP contribution in [0.15, 0.2) is 6.07 Å². The Hall–Kier alpha value is -2.41. The largest absolute Gasteiger partial charge is 0.394 e. The Morgan fingerprint density at radius 3 is 2.75 bits per heavy atom. The number of rotatable bonds is 7. The smallest absolute Gasteiger partial charge is 0.264 e. The summed E-state index contributed by atoms with van der Waals surface area (Å²) in [4.78, 5) is 27.3. The first-order chi connectivity index (χ1) is 15.0. The van der Waals surface area contributed by atoms with Gasteiger partial charge in [0.15, 0.2) is 14.6 Å². The third-order valence-electron chi connectivity index (χ3n) is 5.94. The third-order valence-corrected chi connectivity index (χ3v) is 9.04. The number of nitrogens with one attached hydrogen (secondary N) is 1. The fraction of sp³-hybridized carbons (Fsp3) is 0.524. The second-order valence-corrected chi connectivity index (χ2v) is 11.7. The van der Waals surface area contributed by atoms with Gasteiger partial charge in [0.25, 0.3) is 11.8 Å². The molecule has 11 heteroatoms. The van der Waals surface area contributed by atoms with Crippen molar-refractivity contribution >= 4 is 33.0 Å². The molecule has 1 aliphatic carbocycles. The molecule has 1 aromatic heterocycles. The zero-order valence-electron chi connectivity index (χ0n) is 17.6. The Morgan fingerprint density at radius 2 is 2.16 bits per heavy atom. The summed E-state index contributed by atoms with van der Waals surface area (Å²) in [5.41, 5.74) is 2.17. The Labute approximate surface area is 190 Å². The van der Waals surface area contributed by atoms with Crippen molar-refractivity contribution in [3.63, 3.8) is 0 Å². The standard InChI is InChI=1S/C21H24N2O7S2/c1-21(20(27)22-28,32(2,29)30)7-8-23-11-14-9-15(31-18(14)19(23)26)6-4-3-5-13-10-16(13)17(25)12-24/h9,13,16-17,24-25,28H,7-8,10-12H2,1-2H3,(H,22,27)/t13-,16-,17?,21?/m0/s1. The Balaban J connectivity index is 1.61. The van der Waals surface area contributed by atoms with E-state index < -0.39 is 26.6 Å². The molecule has 0 saturated heterocycles. The number of thiophene rings is 1. The lowest BCUT2D eigenvalue weighted by Gasteiger charge is -2.27. The molecule has 172 valence electrons. The van der Waals surface area contributed by atoms with Crippen LogP contribution in [0.4, 0.5) is 0 Å². The highest BCUT2D eigenvalue weighted by atomic mass is 32.2. The second kappa shape index (κ2) is 9.22. The van der Waals surface area contributed by atoms with E-state index in [1.165, 1.54) is 28.6 Å². The number of aliphatic hydroxyl groups is 2. The van der Waals surface area contributed by atoms with Gasteiger partial charge in [-0.05, 0) is 49.2 Å². The minimum atomic E-state index is -3.84. The molecular formula is C21H24N2O7S2. The van der Waals surface area contributed by atoms with Crippen molar-refractivity contribution in [1.82, 2.24) is 10.4 Å². The van der Waals surface area contributed by atoms with Gasteiger partial charge in [-0.2, -0.15) is 0 Å². The normalized spacial score (nSPS) is 22.0. The minimum Gasteiger partial charge on any atom is -0.394 e. The average molecular weight is 481 g/mol. The molecule has 0 radical (unpaired) electrons. The van der Waals surface area contributed by atoms with E-state index in [4.69, 9.17) is 10.3 Å². The van der Waals surface area contributed by atoms with Crippen LogP contribution in [0.25, 0.3) is 0 Å².